The molecule has 0 aromatic heterocycles. The lowest BCUT2D eigenvalue weighted by atomic mass is 10.0. The predicted octanol–water partition coefficient (Wildman–Crippen LogP) is 6.18. The number of hydrogen-bond acceptors (Lipinski definition) is 4. The molecule has 0 N–H and O–H groups in total. The minimum atomic E-state index is 0. The molecule has 0 saturated heterocycles. The molecule has 1 aromatic carbocycles. The van der Waals surface area contributed by atoms with Gasteiger partial charge >= 0.3 is 0 Å². The number of halogens is 2. The van der Waals surface area contributed by atoms with Crippen LogP contribution in [0.2, 0.25) is 5.02 Å². The first kappa shape index (κ1) is 20.3. The normalized spacial score (nSPS) is 19.8. The van der Waals surface area contributed by atoms with Crippen LogP contribution in [0.4, 0.5) is 0 Å². The molecule has 5 heterocycles. The Labute approximate surface area is 196 Å². The highest BCUT2D eigenvalue weighted by molar-refractivity contribution is 6.30. The first-order valence-corrected chi connectivity index (χ1v) is 10.3. The van der Waals surface area contributed by atoms with Crippen LogP contribution in [0.1, 0.15) is 5.56 Å². The van der Waals surface area contributed by atoms with Gasteiger partial charge in [-0.05, 0) is 84.5 Å². The summed E-state index contributed by atoms with van der Waals surface area (Å²) in [6.45, 7) is 0. The zero-order valence-corrected chi connectivity index (χ0v) is 18.3. The van der Waals surface area contributed by atoms with Gasteiger partial charge in [0.25, 0.3) is 0 Å². The molecule has 0 fully saturated rings. The van der Waals surface area contributed by atoms with Gasteiger partial charge in [0.15, 0.2) is 0 Å². The molecule has 0 radical (unpaired) electrons. The van der Waals surface area contributed by atoms with Gasteiger partial charge in [0.2, 0.25) is 0 Å². The lowest BCUT2D eigenvalue weighted by Crippen LogP contribution is -1.90. The standard InChI is InChI=1S/C26H15ClN4.ClH/c27-17-3-1-16(2-4-17)25-14-24-13-22-8-7-20(29-22)11-18-5-6-19(28-18)12-21-9-10-23(30-21)15-26(25)31-24;/h1-15H;1H. The van der Waals surface area contributed by atoms with E-state index in [1.807, 2.05) is 85.0 Å². The summed E-state index contributed by atoms with van der Waals surface area (Å²) in [5.41, 5.74) is 8.98. The molecule has 5 aliphatic heterocycles. The third-order valence-corrected chi connectivity index (χ3v) is 5.45. The second-order valence-electron chi connectivity index (χ2n) is 7.45. The largest absolute Gasteiger partial charge is 0.249 e. The average molecular weight is 455 g/mol. The Morgan fingerprint density at radius 1 is 0.500 bits per heavy atom. The lowest BCUT2D eigenvalue weighted by molar-refractivity contribution is 1.41. The van der Waals surface area contributed by atoms with Crippen LogP contribution in [-0.2, 0) is 0 Å². The van der Waals surface area contributed by atoms with Crippen molar-refractivity contribution < 1.29 is 0 Å². The van der Waals surface area contributed by atoms with Crippen molar-refractivity contribution in [1.29, 1.82) is 0 Å². The van der Waals surface area contributed by atoms with E-state index in [4.69, 9.17) is 26.6 Å². The topological polar surface area (TPSA) is 49.4 Å². The maximum Gasteiger partial charge on any atom is 0.0737 e. The van der Waals surface area contributed by atoms with Gasteiger partial charge in [0, 0.05) is 10.6 Å². The summed E-state index contributed by atoms with van der Waals surface area (Å²) >= 11 is 6.09. The van der Waals surface area contributed by atoms with Crippen LogP contribution in [-0.4, -0.2) is 22.8 Å². The van der Waals surface area contributed by atoms with Crippen LogP contribution in [0.15, 0.2) is 134 Å². The molecule has 32 heavy (non-hydrogen) atoms. The molecule has 5 aliphatic rings. The lowest BCUT2D eigenvalue weighted by Gasteiger charge is -2.04. The van der Waals surface area contributed by atoms with E-state index in [2.05, 4.69) is 11.1 Å². The molecular weight excluding hydrogens is 439 g/mol. The first-order valence-electron chi connectivity index (χ1n) is 9.92. The van der Waals surface area contributed by atoms with Crippen molar-refractivity contribution in [3.05, 3.63) is 124 Å². The Hall–Kier alpha value is -3.60. The fourth-order valence-electron chi connectivity index (χ4n) is 3.76. The van der Waals surface area contributed by atoms with Crippen LogP contribution >= 0.6 is 24.0 Å². The number of benzene rings is 1. The van der Waals surface area contributed by atoms with Crippen molar-refractivity contribution in [2.75, 3.05) is 0 Å². The highest BCUT2D eigenvalue weighted by Crippen LogP contribution is 2.31. The van der Waals surface area contributed by atoms with Gasteiger partial charge in [0.05, 0.1) is 45.6 Å². The van der Waals surface area contributed by atoms with Gasteiger partial charge in [-0.3, -0.25) is 0 Å². The Bertz CT molecular complexity index is 1400. The highest BCUT2D eigenvalue weighted by Gasteiger charge is 2.18. The van der Waals surface area contributed by atoms with Crippen LogP contribution in [0.5, 0.6) is 0 Å². The van der Waals surface area contributed by atoms with E-state index in [1.54, 1.807) is 0 Å². The molecule has 1 aromatic rings. The Balaban J connectivity index is 0.00000216. The molecule has 6 rings (SSSR count). The van der Waals surface area contributed by atoms with Crippen molar-refractivity contribution in [1.82, 2.24) is 0 Å². The van der Waals surface area contributed by atoms with E-state index in [1.165, 1.54) is 0 Å². The number of hydrogen-bond donors (Lipinski definition) is 0. The monoisotopic (exact) mass is 454 g/mol. The molecule has 0 atom stereocenters. The van der Waals surface area contributed by atoms with E-state index in [0.29, 0.717) is 5.02 Å². The first-order chi connectivity index (χ1) is 15.2. The molecular formula is C26H16Cl2N4. The predicted molar refractivity (Wildman–Crippen MR) is 136 cm³/mol. The van der Waals surface area contributed by atoms with Crippen LogP contribution < -0.4 is 0 Å². The van der Waals surface area contributed by atoms with Gasteiger partial charge in [-0.25, -0.2) is 20.0 Å². The molecule has 4 nitrogen and oxygen atoms in total. The van der Waals surface area contributed by atoms with Gasteiger partial charge in [-0.2, -0.15) is 0 Å². The van der Waals surface area contributed by atoms with Gasteiger partial charge in [-0.15, -0.1) is 12.4 Å². The summed E-state index contributed by atoms with van der Waals surface area (Å²) in [5, 5.41) is 0.706. The quantitative estimate of drug-likeness (QED) is 0.486. The van der Waals surface area contributed by atoms with Crippen molar-refractivity contribution in [3.63, 3.8) is 0 Å². The SMILES string of the molecule is Cl.Clc1ccc(C2=CC3=NC2=CC2=NC(=CC4=NC(=CC5=NC(=C3)C=C5)C=C4)C=C2)cc1. The van der Waals surface area contributed by atoms with E-state index in [-0.39, 0.29) is 12.4 Å². The Kier molecular flexibility index (Phi) is 5.17. The number of fused-ring (bicyclic) bond motifs is 4. The molecule has 0 spiro atoms. The van der Waals surface area contributed by atoms with Crippen LogP contribution in [0.3, 0.4) is 0 Å². The summed E-state index contributed by atoms with van der Waals surface area (Å²) in [7, 11) is 0. The maximum atomic E-state index is 6.09. The average Bonchev–Trinajstić information content (AvgIpc) is 3.54. The van der Waals surface area contributed by atoms with E-state index in [9.17, 15) is 0 Å². The highest BCUT2D eigenvalue weighted by atomic mass is 35.5. The van der Waals surface area contributed by atoms with Crippen LogP contribution in [0, 0.1) is 0 Å². The minimum Gasteiger partial charge on any atom is -0.249 e. The van der Waals surface area contributed by atoms with Gasteiger partial charge in [0.1, 0.15) is 0 Å². The van der Waals surface area contributed by atoms with E-state index < -0.39 is 0 Å². The number of rotatable bonds is 1. The smallest absolute Gasteiger partial charge is 0.0737 e. The van der Waals surface area contributed by atoms with Crippen molar-refractivity contribution in [3.8, 4) is 0 Å². The third-order valence-electron chi connectivity index (χ3n) is 5.19. The minimum absolute atomic E-state index is 0. The summed E-state index contributed by atoms with van der Waals surface area (Å²) < 4.78 is 0. The number of nitrogens with zero attached hydrogens (tertiary/aromatic N) is 4. The van der Waals surface area contributed by atoms with Crippen molar-refractivity contribution >= 4 is 52.4 Å². The zero-order chi connectivity index (χ0) is 20.8. The molecule has 154 valence electrons. The molecule has 8 bridgehead atoms. The maximum absolute atomic E-state index is 6.09. The fraction of sp³-hybridized carbons (Fsp3) is 0. The zero-order valence-electron chi connectivity index (χ0n) is 16.7. The van der Waals surface area contributed by atoms with Gasteiger partial charge < -0.3 is 0 Å². The van der Waals surface area contributed by atoms with Crippen molar-refractivity contribution in [2.45, 2.75) is 0 Å². The summed E-state index contributed by atoms with van der Waals surface area (Å²) in [6.07, 6.45) is 22.0. The molecule has 0 saturated carbocycles. The Morgan fingerprint density at radius 3 is 1.56 bits per heavy atom. The number of aliphatic imine (C=N–C) groups is 4. The fourth-order valence-corrected chi connectivity index (χ4v) is 3.88. The second-order valence-corrected chi connectivity index (χ2v) is 7.89. The van der Waals surface area contributed by atoms with E-state index in [0.717, 1.165) is 56.8 Å². The summed E-state index contributed by atoms with van der Waals surface area (Å²) in [4.78, 5) is 18.9. The molecule has 0 amide bonds. The molecule has 0 aliphatic carbocycles. The summed E-state index contributed by atoms with van der Waals surface area (Å²) in [5.74, 6) is 0. The van der Waals surface area contributed by atoms with Crippen LogP contribution in [0.25, 0.3) is 5.57 Å². The Morgan fingerprint density at radius 2 is 1.00 bits per heavy atom. The second kappa shape index (κ2) is 8.15. The number of allylic oxidation sites excluding steroid dienone is 12. The molecule has 0 unspecified atom stereocenters. The third kappa shape index (κ3) is 3.98. The van der Waals surface area contributed by atoms with E-state index >= 15 is 0 Å². The van der Waals surface area contributed by atoms with Crippen molar-refractivity contribution in [2.24, 2.45) is 20.0 Å². The van der Waals surface area contributed by atoms with Gasteiger partial charge in [-0.1, -0.05) is 23.7 Å². The summed E-state index contributed by atoms with van der Waals surface area (Å²) in [6, 6.07) is 7.80. The molecule has 6 heteroatoms.